The first kappa shape index (κ1) is 18.5. The highest BCUT2D eigenvalue weighted by atomic mass is 16.5. The van der Waals surface area contributed by atoms with Gasteiger partial charge in [-0.15, -0.1) is 0 Å². The van der Waals surface area contributed by atoms with Crippen LogP contribution in [-0.2, 0) is 6.61 Å². The van der Waals surface area contributed by atoms with Gasteiger partial charge in [0.25, 0.3) is 5.91 Å². The molecule has 138 valence electrons. The molecule has 0 spiro atoms. The van der Waals surface area contributed by atoms with Gasteiger partial charge in [-0.1, -0.05) is 31.5 Å². The molecule has 1 aliphatic heterocycles. The van der Waals surface area contributed by atoms with E-state index in [9.17, 15) is 9.90 Å². The van der Waals surface area contributed by atoms with Gasteiger partial charge in [-0.25, -0.2) is 0 Å². The van der Waals surface area contributed by atoms with Gasteiger partial charge in [-0.05, 0) is 54.7 Å². The van der Waals surface area contributed by atoms with E-state index in [0.29, 0.717) is 11.8 Å². The van der Waals surface area contributed by atoms with E-state index >= 15 is 0 Å². The van der Waals surface area contributed by atoms with Gasteiger partial charge >= 0.3 is 0 Å². The molecule has 0 bridgehead atoms. The van der Waals surface area contributed by atoms with Crippen LogP contribution in [0.15, 0.2) is 42.5 Å². The van der Waals surface area contributed by atoms with E-state index in [0.717, 1.165) is 54.5 Å². The molecular weight excluding hydrogens is 326 g/mol. The molecule has 1 aliphatic rings. The van der Waals surface area contributed by atoms with Gasteiger partial charge in [-0.2, -0.15) is 0 Å². The number of benzene rings is 2. The van der Waals surface area contributed by atoms with Gasteiger partial charge in [0.1, 0.15) is 5.75 Å². The predicted molar refractivity (Wildman–Crippen MR) is 103 cm³/mol. The Hall–Kier alpha value is -2.33. The maximum atomic E-state index is 12.8. The van der Waals surface area contributed by atoms with Crippen molar-refractivity contribution in [1.29, 1.82) is 0 Å². The molecule has 1 atom stereocenters. The molecule has 0 radical (unpaired) electrons. The highest BCUT2D eigenvalue weighted by molar-refractivity contribution is 5.95. The van der Waals surface area contributed by atoms with Crippen LogP contribution in [0.5, 0.6) is 5.75 Å². The van der Waals surface area contributed by atoms with Crippen LogP contribution in [0.2, 0.25) is 0 Å². The van der Waals surface area contributed by atoms with Crippen molar-refractivity contribution in [2.24, 2.45) is 0 Å². The second-order valence-electron chi connectivity index (χ2n) is 6.85. The minimum absolute atomic E-state index is 0.0681. The lowest BCUT2D eigenvalue weighted by molar-refractivity contribution is 0.0730. The summed E-state index contributed by atoms with van der Waals surface area (Å²) in [5.41, 5.74) is 3.52. The topological polar surface area (TPSA) is 49.8 Å². The van der Waals surface area contributed by atoms with Gasteiger partial charge < -0.3 is 14.7 Å². The lowest BCUT2D eigenvalue weighted by Gasteiger charge is -2.24. The van der Waals surface area contributed by atoms with Crippen molar-refractivity contribution in [3.8, 4) is 16.9 Å². The van der Waals surface area contributed by atoms with Crippen LogP contribution in [0, 0.1) is 0 Å². The molecule has 4 heteroatoms. The smallest absolute Gasteiger partial charge is 0.254 e. The predicted octanol–water partition coefficient (Wildman–Crippen LogP) is 4.26. The first-order valence-electron chi connectivity index (χ1n) is 9.37. The molecule has 1 N–H and O–H groups in total. The third kappa shape index (κ3) is 3.75. The Bertz CT molecular complexity index is 754. The molecular formula is C22H27NO3. The number of rotatable bonds is 6. The van der Waals surface area contributed by atoms with Crippen LogP contribution in [0.4, 0.5) is 0 Å². The summed E-state index contributed by atoms with van der Waals surface area (Å²) in [5.74, 6) is 0.817. The molecule has 0 unspecified atom stereocenters. The molecule has 1 amide bonds. The van der Waals surface area contributed by atoms with Crippen LogP contribution >= 0.6 is 0 Å². The number of carbonyl (C=O) groups is 1. The summed E-state index contributed by atoms with van der Waals surface area (Å²) < 4.78 is 5.25. The molecule has 0 aliphatic carbocycles. The first-order valence-corrected chi connectivity index (χ1v) is 9.37. The van der Waals surface area contributed by atoms with Gasteiger partial charge in [0, 0.05) is 23.7 Å². The van der Waals surface area contributed by atoms with Crippen molar-refractivity contribution in [1.82, 2.24) is 4.90 Å². The number of likely N-dealkylation sites (tertiary alicyclic amines) is 1. The first-order chi connectivity index (χ1) is 12.7. The number of aliphatic hydroxyl groups is 1. The molecule has 1 saturated heterocycles. The van der Waals surface area contributed by atoms with E-state index in [4.69, 9.17) is 4.74 Å². The van der Waals surface area contributed by atoms with Gasteiger partial charge in [0.15, 0.2) is 0 Å². The summed E-state index contributed by atoms with van der Waals surface area (Å²) in [6.45, 7) is 2.97. The number of amides is 1. The minimum Gasteiger partial charge on any atom is -0.496 e. The normalized spacial score (nSPS) is 16.7. The fourth-order valence-electron chi connectivity index (χ4n) is 3.79. The number of carbonyl (C=O) groups excluding carboxylic acids is 1. The zero-order valence-electron chi connectivity index (χ0n) is 15.6. The summed E-state index contributed by atoms with van der Waals surface area (Å²) in [7, 11) is 1.60. The fraction of sp³-hybridized carbons (Fsp3) is 0.409. The Morgan fingerprint density at radius 1 is 1.19 bits per heavy atom. The Morgan fingerprint density at radius 2 is 1.92 bits per heavy atom. The third-order valence-corrected chi connectivity index (χ3v) is 5.18. The number of hydrogen-bond acceptors (Lipinski definition) is 3. The Balaban J connectivity index is 1.79. The van der Waals surface area contributed by atoms with Crippen molar-refractivity contribution >= 4 is 5.91 Å². The summed E-state index contributed by atoms with van der Waals surface area (Å²) in [4.78, 5) is 14.9. The number of methoxy groups -OCH3 is 1. The van der Waals surface area contributed by atoms with E-state index in [1.54, 1.807) is 7.11 Å². The maximum absolute atomic E-state index is 12.8. The average Bonchev–Trinajstić information content (AvgIpc) is 3.15. The number of nitrogens with zero attached hydrogens (tertiary/aromatic N) is 1. The number of aliphatic hydroxyl groups excluding tert-OH is 1. The fourth-order valence-corrected chi connectivity index (χ4v) is 3.79. The summed E-state index contributed by atoms with van der Waals surface area (Å²) in [6.07, 6.45) is 4.41. The van der Waals surface area contributed by atoms with Crippen molar-refractivity contribution in [2.75, 3.05) is 13.7 Å². The van der Waals surface area contributed by atoms with Gasteiger partial charge in [0.05, 0.1) is 13.7 Å². The van der Waals surface area contributed by atoms with Crippen LogP contribution < -0.4 is 4.74 Å². The third-order valence-electron chi connectivity index (χ3n) is 5.18. The van der Waals surface area contributed by atoms with Crippen LogP contribution in [0.3, 0.4) is 0 Å². The lowest BCUT2D eigenvalue weighted by atomic mass is 10.0. The zero-order chi connectivity index (χ0) is 18.5. The van der Waals surface area contributed by atoms with E-state index in [1.807, 2.05) is 47.4 Å². The second-order valence-corrected chi connectivity index (χ2v) is 6.85. The summed E-state index contributed by atoms with van der Waals surface area (Å²) in [6, 6.07) is 13.9. The largest absolute Gasteiger partial charge is 0.496 e. The molecule has 1 heterocycles. The molecule has 26 heavy (non-hydrogen) atoms. The Labute approximate surface area is 155 Å². The van der Waals surface area contributed by atoms with Crippen molar-refractivity contribution in [3.05, 3.63) is 53.6 Å². The Kier molecular flexibility index (Phi) is 5.94. The molecule has 2 aromatic rings. The summed E-state index contributed by atoms with van der Waals surface area (Å²) >= 11 is 0. The number of hydrogen-bond donors (Lipinski definition) is 1. The summed E-state index contributed by atoms with van der Waals surface area (Å²) in [5, 5.41) is 9.50. The average molecular weight is 353 g/mol. The van der Waals surface area contributed by atoms with Crippen LogP contribution in [-0.4, -0.2) is 35.6 Å². The van der Waals surface area contributed by atoms with E-state index in [2.05, 4.69) is 6.92 Å². The molecule has 1 fully saturated rings. The van der Waals surface area contributed by atoms with Gasteiger partial charge in [0.2, 0.25) is 0 Å². The second kappa shape index (κ2) is 8.37. The van der Waals surface area contributed by atoms with Crippen molar-refractivity contribution in [3.63, 3.8) is 0 Å². The monoisotopic (exact) mass is 353 g/mol. The molecule has 3 rings (SSSR count). The maximum Gasteiger partial charge on any atom is 0.254 e. The zero-order valence-corrected chi connectivity index (χ0v) is 15.6. The standard InChI is InChI=1S/C22H27NO3/c1-3-5-20-6-4-13-23(20)22(25)17-9-7-16(8-10-17)18-11-12-21(26-2)19(14-18)15-24/h7-12,14,20,24H,3-6,13,15H2,1-2H3/t20-/m1/s1. The van der Waals surface area contributed by atoms with E-state index in [-0.39, 0.29) is 12.5 Å². The highest BCUT2D eigenvalue weighted by Gasteiger charge is 2.28. The van der Waals surface area contributed by atoms with E-state index in [1.165, 1.54) is 0 Å². The van der Waals surface area contributed by atoms with Gasteiger partial charge in [-0.3, -0.25) is 4.79 Å². The molecule has 4 nitrogen and oxygen atoms in total. The SMILES string of the molecule is CCC[C@@H]1CCCN1C(=O)c1ccc(-c2ccc(OC)c(CO)c2)cc1. The van der Waals surface area contributed by atoms with Crippen molar-refractivity contribution in [2.45, 2.75) is 45.3 Å². The quantitative estimate of drug-likeness (QED) is 0.844. The van der Waals surface area contributed by atoms with Crippen LogP contribution in [0.25, 0.3) is 11.1 Å². The lowest BCUT2D eigenvalue weighted by Crippen LogP contribution is -2.35. The Morgan fingerprint density at radius 3 is 2.58 bits per heavy atom. The van der Waals surface area contributed by atoms with Crippen LogP contribution in [0.1, 0.15) is 48.5 Å². The van der Waals surface area contributed by atoms with Crippen molar-refractivity contribution < 1.29 is 14.6 Å². The molecule has 0 saturated carbocycles. The highest BCUT2D eigenvalue weighted by Crippen LogP contribution is 2.28. The van der Waals surface area contributed by atoms with E-state index < -0.39 is 0 Å². The molecule has 0 aromatic heterocycles. The number of ether oxygens (including phenoxy) is 1. The molecule has 2 aromatic carbocycles. The minimum atomic E-state index is -0.0681.